The molecule has 0 unspecified atom stereocenters. The van der Waals surface area contributed by atoms with Crippen LogP contribution >= 0.6 is 0 Å². The van der Waals surface area contributed by atoms with Gasteiger partial charge in [0.05, 0.1) is 24.9 Å². The van der Waals surface area contributed by atoms with Gasteiger partial charge in [0.2, 0.25) is 5.88 Å². The smallest absolute Gasteiger partial charge is 0.299 e. The number of aromatic nitrogens is 1. The predicted octanol–water partition coefficient (Wildman–Crippen LogP) is 6.94. The lowest BCUT2D eigenvalue weighted by atomic mass is 10.2. The minimum absolute atomic E-state index is 0.0473. The van der Waals surface area contributed by atoms with Crippen LogP contribution < -0.4 is 4.74 Å². The number of hydrogen-bond donors (Lipinski definition) is 1. The Bertz CT molecular complexity index is 1520. The molecule has 0 atom stereocenters. The normalized spacial score (nSPS) is 11.4. The summed E-state index contributed by atoms with van der Waals surface area (Å²) in [5, 5.41) is 20.2. The number of azo groups is 1. The zero-order valence-electron chi connectivity index (χ0n) is 21.1. The highest BCUT2D eigenvalue weighted by atomic mass is 16.5. The fourth-order valence-corrected chi connectivity index (χ4v) is 4.52. The predicted molar refractivity (Wildman–Crippen MR) is 148 cm³/mol. The lowest BCUT2D eigenvalue weighted by Gasteiger charge is -2.24. The Morgan fingerprint density at radius 3 is 2.05 bits per heavy atom. The average Bonchev–Trinajstić information content (AvgIpc) is 3.22. The second-order valence-electron chi connectivity index (χ2n) is 8.92. The van der Waals surface area contributed by atoms with Gasteiger partial charge in [-0.05, 0) is 29.3 Å². The third kappa shape index (κ3) is 5.48. The van der Waals surface area contributed by atoms with Gasteiger partial charge in [-0.25, -0.2) is 0 Å². The molecular formula is C31H28N4O3. The first kappa shape index (κ1) is 24.9. The molecule has 0 saturated heterocycles. The van der Waals surface area contributed by atoms with Gasteiger partial charge in [0.1, 0.15) is 5.75 Å². The van der Waals surface area contributed by atoms with Crippen molar-refractivity contribution in [3.8, 4) is 11.6 Å². The number of para-hydroxylation sites is 2. The molecule has 5 rings (SSSR count). The Labute approximate surface area is 221 Å². The summed E-state index contributed by atoms with van der Waals surface area (Å²) in [5.41, 5.74) is 3.69. The molecule has 1 N–H and O–H groups in total. The van der Waals surface area contributed by atoms with E-state index in [0.29, 0.717) is 36.5 Å². The number of methoxy groups -OCH3 is 1. The first-order chi connectivity index (χ1) is 18.6. The van der Waals surface area contributed by atoms with E-state index < -0.39 is 5.91 Å². The standard InChI is InChI=1S/C31H28N4O3/c1-38-28-19-11-9-17-26(28)30(36)33-32-29-25-16-8-10-18-27(25)35(31(29)37)22-34(20-23-12-4-2-5-13-23)21-24-14-6-3-7-15-24/h2-19,37H,20-22H2,1H3. The maximum Gasteiger partial charge on any atom is 0.299 e. The van der Waals surface area contributed by atoms with E-state index in [-0.39, 0.29) is 11.6 Å². The van der Waals surface area contributed by atoms with Crippen molar-refractivity contribution in [3.05, 3.63) is 126 Å². The first-order valence-corrected chi connectivity index (χ1v) is 12.3. The van der Waals surface area contributed by atoms with Crippen LogP contribution in [0.25, 0.3) is 10.9 Å². The van der Waals surface area contributed by atoms with E-state index in [1.165, 1.54) is 18.2 Å². The summed E-state index contributed by atoms with van der Waals surface area (Å²) in [4.78, 5) is 15.0. The summed E-state index contributed by atoms with van der Waals surface area (Å²) in [5.74, 6) is -0.178. The number of nitrogens with zero attached hydrogens (tertiary/aromatic N) is 4. The molecular weight excluding hydrogens is 476 g/mol. The molecule has 0 spiro atoms. The van der Waals surface area contributed by atoms with Crippen LogP contribution in [0.2, 0.25) is 0 Å². The highest BCUT2D eigenvalue weighted by Gasteiger charge is 2.20. The second-order valence-corrected chi connectivity index (χ2v) is 8.92. The maximum absolute atomic E-state index is 12.8. The van der Waals surface area contributed by atoms with Gasteiger partial charge >= 0.3 is 0 Å². The number of benzene rings is 4. The van der Waals surface area contributed by atoms with Crippen LogP contribution in [0.5, 0.6) is 11.6 Å². The molecule has 0 radical (unpaired) electrons. The maximum atomic E-state index is 12.8. The van der Waals surface area contributed by atoms with Crippen molar-refractivity contribution in [1.29, 1.82) is 0 Å². The Balaban J connectivity index is 1.49. The monoisotopic (exact) mass is 504 g/mol. The van der Waals surface area contributed by atoms with E-state index in [1.54, 1.807) is 24.3 Å². The summed E-state index contributed by atoms with van der Waals surface area (Å²) >= 11 is 0. The Morgan fingerprint density at radius 2 is 1.39 bits per heavy atom. The molecule has 0 aliphatic carbocycles. The summed E-state index contributed by atoms with van der Waals surface area (Å²) in [6, 6.07) is 34.9. The number of ether oxygens (including phenoxy) is 1. The molecule has 4 aromatic carbocycles. The van der Waals surface area contributed by atoms with Gasteiger partial charge in [0.15, 0.2) is 5.69 Å². The van der Waals surface area contributed by atoms with Gasteiger partial charge in [-0.2, -0.15) is 0 Å². The van der Waals surface area contributed by atoms with Crippen LogP contribution in [0.1, 0.15) is 21.5 Å². The number of amides is 1. The fraction of sp³-hybridized carbons (Fsp3) is 0.129. The molecule has 0 aliphatic heterocycles. The number of hydrogen-bond acceptors (Lipinski definition) is 5. The number of rotatable bonds is 9. The zero-order valence-corrected chi connectivity index (χ0v) is 21.1. The topological polar surface area (TPSA) is 79.4 Å². The van der Waals surface area contributed by atoms with E-state index in [4.69, 9.17) is 4.74 Å². The Morgan fingerprint density at radius 1 is 0.816 bits per heavy atom. The molecule has 7 nitrogen and oxygen atoms in total. The zero-order chi connectivity index (χ0) is 26.3. The third-order valence-electron chi connectivity index (χ3n) is 6.34. The molecule has 0 fully saturated rings. The molecule has 38 heavy (non-hydrogen) atoms. The van der Waals surface area contributed by atoms with E-state index in [0.717, 1.165) is 5.52 Å². The van der Waals surface area contributed by atoms with Gasteiger partial charge < -0.3 is 9.84 Å². The van der Waals surface area contributed by atoms with E-state index >= 15 is 0 Å². The largest absolute Gasteiger partial charge is 0.496 e. The lowest BCUT2D eigenvalue weighted by Crippen LogP contribution is -2.25. The van der Waals surface area contributed by atoms with Gasteiger partial charge in [0.25, 0.3) is 5.91 Å². The van der Waals surface area contributed by atoms with Crippen LogP contribution in [0.4, 0.5) is 5.69 Å². The lowest BCUT2D eigenvalue weighted by molar-refractivity contribution is 0.0992. The minimum Gasteiger partial charge on any atom is -0.496 e. The van der Waals surface area contributed by atoms with Crippen molar-refractivity contribution < 1.29 is 14.6 Å². The second kappa shape index (κ2) is 11.5. The van der Waals surface area contributed by atoms with Crippen molar-refractivity contribution in [2.45, 2.75) is 19.8 Å². The molecule has 190 valence electrons. The van der Waals surface area contributed by atoms with Gasteiger partial charge in [0, 0.05) is 18.5 Å². The van der Waals surface area contributed by atoms with E-state index in [1.807, 2.05) is 65.2 Å². The summed E-state index contributed by atoms with van der Waals surface area (Å²) in [6.45, 7) is 1.78. The summed E-state index contributed by atoms with van der Waals surface area (Å²) in [7, 11) is 1.50. The van der Waals surface area contributed by atoms with Gasteiger partial charge in [-0.1, -0.05) is 91.0 Å². The number of aromatic hydroxyl groups is 1. The van der Waals surface area contributed by atoms with Gasteiger partial charge in [-0.15, -0.1) is 10.2 Å². The molecule has 7 heteroatoms. The SMILES string of the molecule is COc1ccccc1C(=O)N=Nc1c(O)n(CN(Cc2ccccc2)Cc2ccccc2)c2ccccc12. The minimum atomic E-state index is -0.548. The summed E-state index contributed by atoms with van der Waals surface area (Å²) in [6.07, 6.45) is 0. The van der Waals surface area contributed by atoms with Crippen LogP contribution in [-0.2, 0) is 19.8 Å². The molecule has 1 amide bonds. The molecule has 0 aliphatic rings. The average molecular weight is 505 g/mol. The Kier molecular flexibility index (Phi) is 7.57. The van der Waals surface area contributed by atoms with Crippen molar-refractivity contribution in [1.82, 2.24) is 9.47 Å². The molecule has 5 aromatic rings. The number of carbonyl (C=O) groups is 1. The number of carbonyl (C=O) groups excluding carboxylic acids is 1. The first-order valence-electron chi connectivity index (χ1n) is 12.3. The fourth-order valence-electron chi connectivity index (χ4n) is 4.52. The molecule has 0 saturated carbocycles. The van der Waals surface area contributed by atoms with Crippen LogP contribution in [0.3, 0.4) is 0 Å². The molecule has 1 heterocycles. The summed E-state index contributed by atoms with van der Waals surface area (Å²) < 4.78 is 7.09. The van der Waals surface area contributed by atoms with Crippen LogP contribution in [0, 0.1) is 0 Å². The number of fused-ring (bicyclic) bond motifs is 1. The highest BCUT2D eigenvalue weighted by molar-refractivity contribution is 5.98. The third-order valence-corrected chi connectivity index (χ3v) is 6.34. The quantitative estimate of drug-likeness (QED) is 0.221. The van der Waals surface area contributed by atoms with Gasteiger partial charge in [-0.3, -0.25) is 14.3 Å². The highest BCUT2D eigenvalue weighted by Crippen LogP contribution is 2.39. The van der Waals surface area contributed by atoms with Crippen molar-refractivity contribution in [3.63, 3.8) is 0 Å². The van der Waals surface area contributed by atoms with Crippen LogP contribution in [0.15, 0.2) is 119 Å². The molecule has 1 aromatic heterocycles. The van der Waals surface area contributed by atoms with E-state index in [2.05, 4.69) is 39.4 Å². The van der Waals surface area contributed by atoms with Crippen molar-refractivity contribution in [2.75, 3.05) is 7.11 Å². The van der Waals surface area contributed by atoms with E-state index in [9.17, 15) is 9.90 Å². The van der Waals surface area contributed by atoms with Crippen molar-refractivity contribution >= 4 is 22.5 Å². The van der Waals surface area contributed by atoms with Crippen LogP contribution in [-0.4, -0.2) is 27.6 Å². The van der Waals surface area contributed by atoms with Crippen molar-refractivity contribution in [2.24, 2.45) is 10.2 Å². The molecule has 0 bridgehead atoms. The Hall–Kier alpha value is -4.75.